The number of nitrogens with two attached hydrogens (primary N) is 1. The minimum Gasteiger partial charge on any atom is -0.347 e. The molecule has 0 aliphatic heterocycles. The number of rotatable bonds is 6. The van der Waals surface area contributed by atoms with Crippen LogP contribution in [0.2, 0.25) is 0 Å². The summed E-state index contributed by atoms with van der Waals surface area (Å²) in [5.74, 6) is -0.361. The molecule has 1 aliphatic carbocycles. The molecule has 8 heteroatoms. The lowest BCUT2D eigenvalue weighted by molar-refractivity contribution is -0.126. The van der Waals surface area contributed by atoms with Gasteiger partial charge in [0.2, 0.25) is 11.8 Å². The first-order chi connectivity index (χ1) is 10.6. The van der Waals surface area contributed by atoms with Crippen LogP contribution in [-0.4, -0.2) is 29.9 Å². The Bertz CT molecular complexity index is 508. The maximum Gasteiger partial charge on any atom is 0.243 e. The van der Waals surface area contributed by atoms with Crippen molar-refractivity contribution in [2.45, 2.75) is 38.5 Å². The van der Waals surface area contributed by atoms with Crippen LogP contribution in [0, 0.1) is 5.41 Å². The molecule has 0 atom stereocenters. The fourth-order valence-corrected chi connectivity index (χ4v) is 2.98. The average molecular weight is 377 g/mol. The highest BCUT2D eigenvalue weighted by molar-refractivity contribution is 5.94. The van der Waals surface area contributed by atoms with Gasteiger partial charge in [-0.3, -0.25) is 14.6 Å². The molecule has 0 radical (unpaired) electrons. The van der Waals surface area contributed by atoms with Crippen LogP contribution in [-0.2, 0) is 9.59 Å². The normalized spacial score (nSPS) is 15.4. The fraction of sp³-hybridized carbons (Fsp3) is 0.562. The van der Waals surface area contributed by atoms with E-state index in [1.165, 1.54) is 6.42 Å². The van der Waals surface area contributed by atoms with Crippen LogP contribution in [0.4, 0.5) is 5.69 Å². The summed E-state index contributed by atoms with van der Waals surface area (Å²) in [6.45, 7) is 0.497. The van der Waals surface area contributed by atoms with E-state index < -0.39 is 0 Å². The zero-order chi connectivity index (χ0) is 15.8. The Morgan fingerprint density at radius 2 is 1.88 bits per heavy atom. The van der Waals surface area contributed by atoms with Crippen molar-refractivity contribution in [3.8, 4) is 0 Å². The van der Waals surface area contributed by atoms with Gasteiger partial charge in [-0.05, 0) is 36.9 Å². The van der Waals surface area contributed by atoms with E-state index in [1.54, 1.807) is 24.5 Å². The van der Waals surface area contributed by atoms with Gasteiger partial charge in [0, 0.05) is 12.6 Å². The fourth-order valence-electron chi connectivity index (χ4n) is 2.98. The van der Waals surface area contributed by atoms with E-state index >= 15 is 0 Å². The molecule has 2 rings (SSSR count). The molecule has 1 aromatic rings. The number of carbonyl (C=O) groups is 2. The molecule has 4 N–H and O–H groups in total. The summed E-state index contributed by atoms with van der Waals surface area (Å²) in [4.78, 5) is 27.8. The van der Waals surface area contributed by atoms with Gasteiger partial charge in [-0.2, -0.15) is 0 Å². The molecule has 0 spiro atoms. The summed E-state index contributed by atoms with van der Waals surface area (Å²) in [7, 11) is 0. The molecule has 1 aliphatic rings. The predicted octanol–water partition coefficient (Wildman–Crippen LogP) is 2.28. The van der Waals surface area contributed by atoms with E-state index in [9.17, 15) is 9.59 Å². The Kier molecular flexibility index (Phi) is 10.6. The zero-order valence-corrected chi connectivity index (χ0v) is 15.3. The van der Waals surface area contributed by atoms with Gasteiger partial charge in [0.05, 0.1) is 18.4 Å². The average Bonchev–Trinajstić information content (AvgIpc) is 2.55. The van der Waals surface area contributed by atoms with Gasteiger partial charge in [-0.25, -0.2) is 0 Å². The molecule has 136 valence electrons. The van der Waals surface area contributed by atoms with E-state index in [1.807, 2.05) is 0 Å². The van der Waals surface area contributed by atoms with Crippen LogP contribution in [0.1, 0.15) is 38.5 Å². The predicted molar refractivity (Wildman–Crippen MR) is 99.6 cm³/mol. The lowest BCUT2D eigenvalue weighted by Gasteiger charge is -2.35. The SMILES string of the molecule is Cl.Cl.NCC1(CC(=O)NCC(=O)Nc2cccnc2)CCCCC1. The van der Waals surface area contributed by atoms with Crippen molar-refractivity contribution < 1.29 is 9.59 Å². The highest BCUT2D eigenvalue weighted by atomic mass is 35.5. The second-order valence-corrected chi connectivity index (χ2v) is 6.01. The van der Waals surface area contributed by atoms with Gasteiger partial charge < -0.3 is 16.4 Å². The summed E-state index contributed by atoms with van der Waals surface area (Å²) in [6.07, 6.45) is 9.08. The standard InChI is InChI=1S/C16H24N4O2.2ClH/c17-12-16(6-2-1-3-7-16)9-14(21)19-11-15(22)20-13-5-4-8-18-10-13;;/h4-5,8,10H,1-3,6-7,9,11-12,17H2,(H,19,21)(H,20,22);2*1H. The summed E-state index contributed by atoms with van der Waals surface area (Å²) in [5.41, 5.74) is 6.42. The minimum atomic E-state index is -0.258. The third-order valence-corrected chi connectivity index (χ3v) is 4.27. The number of carbonyl (C=O) groups excluding carboxylic acids is 2. The van der Waals surface area contributed by atoms with Gasteiger partial charge in [0.25, 0.3) is 0 Å². The molecule has 2 amide bonds. The summed E-state index contributed by atoms with van der Waals surface area (Å²) < 4.78 is 0. The Morgan fingerprint density at radius 3 is 2.46 bits per heavy atom. The van der Waals surface area contributed by atoms with Crippen LogP contribution < -0.4 is 16.4 Å². The van der Waals surface area contributed by atoms with Crippen molar-refractivity contribution in [1.82, 2.24) is 10.3 Å². The van der Waals surface area contributed by atoms with Gasteiger partial charge in [0.15, 0.2) is 0 Å². The third-order valence-electron chi connectivity index (χ3n) is 4.27. The third kappa shape index (κ3) is 7.03. The number of nitrogens with zero attached hydrogens (tertiary/aromatic N) is 1. The van der Waals surface area contributed by atoms with Crippen LogP contribution in [0.3, 0.4) is 0 Å². The molecule has 0 bridgehead atoms. The largest absolute Gasteiger partial charge is 0.347 e. The van der Waals surface area contributed by atoms with E-state index in [0.29, 0.717) is 18.7 Å². The first-order valence-corrected chi connectivity index (χ1v) is 7.80. The van der Waals surface area contributed by atoms with Crippen molar-refractivity contribution in [3.05, 3.63) is 24.5 Å². The number of anilines is 1. The molecule has 1 fully saturated rings. The van der Waals surface area contributed by atoms with E-state index in [2.05, 4.69) is 15.6 Å². The topological polar surface area (TPSA) is 97.1 Å². The van der Waals surface area contributed by atoms with Crippen LogP contribution in [0.25, 0.3) is 0 Å². The second kappa shape index (κ2) is 11.2. The number of aromatic nitrogens is 1. The van der Waals surface area contributed by atoms with Crippen molar-refractivity contribution in [1.29, 1.82) is 0 Å². The molecular formula is C16H26Cl2N4O2. The highest BCUT2D eigenvalue weighted by Gasteiger charge is 2.32. The quantitative estimate of drug-likeness (QED) is 0.709. The molecule has 24 heavy (non-hydrogen) atoms. The first kappa shape index (κ1) is 22.6. The van der Waals surface area contributed by atoms with E-state index in [4.69, 9.17) is 5.73 Å². The van der Waals surface area contributed by atoms with Gasteiger partial charge in [-0.15, -0.1) is 24.8 Å². The molecule has 1 aromatic heterocycles. The van der Waals surface area contributed by atoms with Crippen molar-refractivity contribution in [2.24, 2.45) is 11.1 Å². The first-order valence-electron chi connectivity index (χ1n) is 7.80. The number of pyridine rings is 1. The number of hydrogen-bond donors (Lipinski definition) is 3. The van der Waals surface area contributed by atoms with Crippen LogP contribution >= 0.6 is 24.8 Å². The minimum absolute atomic E-state index is 0. The van der Waals surface area contributed by atoms with Gasteiger partial charge in [0.1, 0.15) is 0 Å². The summed E-state index contributed by atoms with van der Waals surface area (Å²) in [6, 6.07) is 3.49. The summed E-state index contributed by atoms with van der Waals surface area (Å²) >= 11 is 0. The molecule has 1 heterocycles. The van der Waals surface area contributed by atoms with Crippen molar-refractivity contribution >= 4 is 42.3 Å². The van der Waals surface area contributed by atoms with Crippen LogP contribution in [0.15, 0.2) is 24.5 Å². The molecule has 1 saturated carbocycles. The van der Waals surface area contributed by atoms with Crippen molar-refractivity contribution in [2.75, 3.05) is 18.4 Å². The second-order valence-electron chi connectivity index (χ2n) is 6.01. The maximum absolute atomic E-state index is 12.1. The van der Waals surface area contributed by atoms with E-state index in [0.717, 1.165) is 25.7 Å². The Hall–Kier alpha value is -1.37. The number of halogens is 2. The molecule has 0 saturated heterocycles. The Balaban J connectivity index is 0.00000264. The molecular weight excluding hydrogens is 351 g/mol. The summed E-state index contributed by atoms with van der Waals surface area (Å²) in [5, 5.41) is 5.37. The lowest BCUT2D eigenvalue weighted by atomic mass is 9.71. The highest BCUT2D eigenvalue weighted by Crippen LogP contribution is 2.38. The van der Waals surface area contributed by atoms with Gasteiger partial charge >= 0.3 is 0 Å². The van der Waals surface area contributed by atoms with Crippen molar-refractivity contribution in [3.63, 3.8) is 0 Å². The van der Waals surface area contributed by atoms with Crippen LogP contribution in [0.5, 0.6) is 0 Å². The number of hydrogen-bond acceptors (Lipinski definition) is 4. The number of nitrogens with one attached hydrogen (secondary N) is 2. The smallest absolute Gasteiger partial charge is 0.243 e. The number of amides is 2. The maximum atomic E-state index is 12.1. The van der Waals surface area contributed by atoms with E-state index in [-0.39, 0.29) is 48.6 Å². The lowest BCUT2D eigenvalue weighted by Crippen LogP contribution is -2.40. The molecule has 6 nitrogen and oxygen atoms in total. The molecule has 0 unspecified atom stereocenters. The zero-order valence-electron chi connectivity index (χ0n) is 13.6. The Morgan fingerprint density at radius 1 is 1.17 bits per heavy atom. The Labute approximate surface area is 155 Å². The molecule has 0 aromatic carbocycles. The van der Waals surface area contributed by atoms with Gasteiger partial charge in [-0.1, -0.05) is 19.3 Å². The monoisotopic (exact) mass is 376 g/mol.